The van der Waals surface area contributed by atoms with Gasteiger partial charge in [-0.3, -0.25) is 0 Å². The Hall–Kier alpha value is -2.62. The molecule has 4 aromatic rings. The van der Waals surface area contributed by atoms with Gasteiger partial charge >= 0.3 is 5.71 Å². The van der Waals surface area contributed by atoms with Crippen molar-refractivity contribution in [1.29, 1.82) is 0 Å². The average Bonchev–Trinajstić information content (AvgIpc) is 3.12. The number of imidazole rings is 1. The maximum Gasteiger partial charge on any atom is 0.340 e. The molecule has 20 heavy (non-hydrogen) atoms. The van der Waals surface area contributed by atoms with E-state index in [0.717, 1.165) is 16.6 Å². The molecule has 0 atom stereocenters. The summed E-state index contributed by atoms with van der Waals surface area (Å²) in [6, 6.07) is 11.4. The van der Waals surface area contributed by atoms with Crippen molar-refractivity contribution < 1.29 is 13.1 Å². The number of benzene rings is 1. The van der Waals surface area contributed by atoms with Crippen LogP contribution in [-0.2, 0) is 13.5 Å². The summed E-state index contributed by atoms with van der Waals surface area (Å²) in [6.07, 6.45) is 1.69. The first-order chi connectivity index (χ1) is 11.1. The van der Waals surface area contributed by atoms with Crippen molar-refractivity contribution >= 4 is 22.3 Å². The van der Waals surface area contributed by atoms with Gasteiger partial charge in [0.1, 0.15) is 6.54 Å². The molecule has 0 spiro atoms. The maximum absolute atomic E-state index is 7.96. The Morgan fingerprint density at radius 2 is 2.25 bits per heavy atom. The van der Waals surface area contributed by atoms with Crippen LogP contribution in [0, 0.1) is 0 Å². The van der Waals surface area contributed by atoms with Crippen LogP contribution in [0.25, 0.3) is 33.7 Å². The smallest absolute Gasteiger partial charge is 0.340 e. The molecule has 0 aliphatic carbocycles. The first-order valence-electron chi connectivity index (χ1n) is 7.96. The van der Waals surface area contributed by atoms with Crippen molar-refractivity contribution in [2.24, 2.45) is 6.98 Å². The van der Waals surface area contributed by atoms with Crippen molar-refractivity contribution in [3.8, 4) is 11.4 Å². The van der Waals surface area contributed by atoms with Crippen molar-refractivity contribution in [3.63, 3.8) is 0 Å². The van der Waals surface area contributed by atoms with E-state index in [1.54, 1.807) is 18.3 Å². The fourth-order valence-corrected chi connectivity index (χ4v) is 3.09. The SMILES string of the molecule is [2H]C([2H])([2H])[n+]1c2n(c3c4ncccc4oc31)Cc1ccccc1-2. The Morgan fingerprint density at radius 3 is 3.20 bits per heavy atom. The summed E-state index contributed by atoms with van der Waals surface area (Å²) in [4.78, 5) is 4.39. The van der Waals surface area contributed by atoms with Crippen LogP contribution < -0.4 is 4.57 Å². The molecule has 1 aliphatic heterocycles. The highest BCUT2D eigenvalue weighted by Gasteiger charge is 2.35. The van der Waals surface area contributed by atoms with Crippen LogP contribution in [-0.4, -0.2) is 9.55 Å². The summed E-state index contributed by atoms with van der Waals surface area (Å²) in [5.41, 5.74) is 4.42. The molecule has 0 unspecified atom stereocenters. The first kappa shape index (κ1) is 7.85. The normalized spacial score (nSPS) is 15.9. The zero-order valence-electron chi connectivity index (χ0n) is 13.5. The minimum atomic E-state index is -2.33. The van der Waals surface area contributed by atoms with Gasteiger partial charge in [-0.25, -0.2) is 9.55 Å². The highest BCUT2D eigenvalue weighted by molar-refractivity contribution is 5.99. The third-order valence-corrected chi connectivity index (χ3v) is 3.93. The Morgan fingerprint density at radius 1 is 1.30 bits per heavy atom. The van der Waals surface area contributed by atoms with Gasteiger partial charge in [0.15, 0.2) is 11.1 Å². The van der Waals surface area contributed by atoms with Crippen LogP contribution in [0.1, 0.15) is 9.68 Å². The van der Waals surface area contributed by atoms with Gasteiger partial charge in [-0.15, -0.1) is 0 Å². The number of furan rings is 1. The van der Waals surface area contributed by atoms with E-state index >= 15 is 0 Å². The summed E-state index contributed by atoms with van der Waals surface area (Å²) in [5.74, 6) is 0.655. The molecule has 4 heteroatoms. The van der Waals surface area contributed by atoms with E-state index in [1.807, 2.05) is 28.8 Å². The summed E-state index contributed by atoms with van der Waals surface area (Å²) in [6.45, 7) is -1.71. The fraction of sp³-hybridized carbons (Fsp3) is 0.125. The molecule has 4 nitrogen and oxygen atoms in total. The van der Waals surface area contributed by atoms with Crippen molar-refractivity contribution in [1.82, 2.24) is 9.55 Å². The predicted molar refractivity (Wildman–Crippen MR) is 75.2 cm³/mol. The second kappa shape index (κ2) is 3.28. The number of hydrogen-bond acceptors (Lipinski definition) is 2. The largest absolute Gasteiger partial charge is 0.417 e. The second-order valence-corrected chi connectivity index (χ2v) is 5.01. The first-order valence-corrected chi connectivity index (χ1v) is 6.46. The second-order valence-electron chi connectivity index (χ2n) is 5.01. The molecule has 5 rings (SSSR count). The number of hydrogen-bond donors (Lipinski definition) is 0. The van der Waals surface area contributed by atoms with E-state index in [0.29, 0.717) is 29.2 Å². The van der Waals surface area contributed by atoms with Crippen LogP contribution in [0.2, 0.25) is 0 Å². The monoisotopic (exact) mass is 265 g/mol. The molecule has 0 saturated heterocycles. The number of pyridine rings is 1. The average molecular weight is 265 g/mol. The Balaban J connectivity index is 2.01. The van der Waals surface area contributed by atoms with Crippen LogP contribution in [0.5, 0.6) is 0 Å². The Labute approximate surface area is 119 Å². The van der Waals surface area contributed by atoms with E-state index in [1.165, 1.54) is 4.57 Å². The van der Waals surface area contributed by atoms with Crippen molar-refractivity contribution in [2.45, 2.75) is 6.54 Å². The third-order valence-electron chi connectivity index (χ3n) is 3.93. The van der Waals surface area contributed by atoms with Crippen LogP contribution in [0.3, 0.4) is 0 Å². The van der Waals surface area contributed by atoms with Gasteiger partial charge in [-0.2, -0.15) is 4.57 Å². The van der Waals surface area contributed by atoms with E-state index in [-0.39, 0.29) is 0 Å². The highest BCUT2D eigenvalue weighted by Crippen LogP contribution is 2.36. The zero-order chi connectivity index (χ0) is 15.8. The number of aromatic nitrogens is 3. The molecule has 96 valence electrons. The molecule has 3 aromatic heterocycles. The third kappa shape index (κ3) is 1.04. The minimum absolute atomic E-state index is 0.350. The lowest BCUT2D eigenvalue weighted by atomic mass is 10.1. The van der Waals surface area contributed by atoms with Gasteiger partial charge in [0.05, 0.1) is 16.7 Å². The molecule has 1 aliphatic rings. The fourth-order valence-electron chi connectivity index (χ4n) is 3.09. The molecule has 0 radical (unpaired) electrons. The molecular weight excluding hydrogens is 250 g/mol. The van der Waals surface area contributed by atoms with E-state index < -0.39 is 6.98 Å². The Bertz CT molecular complexity index is 1090. The van der Waals surface area contributed by atoms with Gasteiger partial charge in [-0.1, -0.05) is 18.2 Å². The lowest BCUT2D eigenvalue weighted by Crippen LogP contribution is -2.29. The number of fused-ring (bicyclic) bond motifs is 7. The maximum atomic E-state index is 7.96. The summed E-state index contributed by atoms with van der Waals surface area (Å²) >= 11 is 0. The molecule has 0 bridgehead atoms. The van der Waals surface area contributed by atoms with Gasteiger partial charge in [0, 0.05) is 11.8 Å². The molecule has 4 heterocycles. The molecule has 0 amide bonds. The number of nitrogens with zero attached hydrogens (tertiary/aromatic N) is 3. The van der Waals surface area contributed by atoms with Gasteiger partial charge in [0.2, 0.25) is 5.52 Å². The molecule has 1 aromatic carbocycles. The lowest BCUT2D eigenvalue weighted by molar-refractivity contribution is -0.640. The van der Waals surface area contributed by atoms with Gasteiger partial charge < -0.3 is 4.42 Å². The predicted octanol–water partition coefficient (Wildman–Crippen LogP) is 2.64. The summed E-state index contributed by atoms with van der Waals surface area (Å²) in [7, 11) is 0. The van der Waals surface area contributed by atoms with Gasteiger partial charge in [-0.05, 0) is 18.2 Å². The van der Waals surface area contributed by atoms with Crippen molar-refractivity contribution in [3.05, 3.63) is 48.2 Å². The number of rotatable bonds is 0. The van der Waals surface area contributed by atoms with Crippen molar-refractivity contribution in [2.75, 3.05) is 0 Å². The highest BCUT2D eigenvalue weighted by atomic mass is 16.3. The molecule has 0 saturated carbocycles. The minimum Gasteiger partial charge on any atom is -0.417 e. The quantitative estimate of drug-likeness (QED) is 0.403. The Kier molecular flexibility index (Phi) is 1.29. The summed E-state index contributed by atoms with van der Waals surface area (Å²) in [5, 5.41) is 0. The molecular formula is C16H12N3O+. The van der Waals surface area contributed by atoms with E-state index in [9.17, 15) is 0 Å². The van der Waals surface area contributed by atoms with Crippen LogP contribution >= 0.6 is 0 Å². The lowest BCUT2D eigenvalue weighted by Gasteiger charge is -1.93. The topological polar surface area (TPSA) is 34.8 Å². The van der Waals surface area contributed by atoms with E-state index in [2.05, 4.69) is 4.98 Å². The van der Waals surface area contributed by atoms with Crippen LogP contribution in [0.4, 0.5) is 0 Å². The molecule has 0 N–H and O–H groups in total. The standard InChI is InChI=1S/C16H12N3O/c1-18-15-11-6-3-2-5-10(11)9-19(15)14-13-12(20-16(14)18)7-4-8-17-13/h2-8H,9H2,1H3/q+1/i1D3. The molecule has 0 fully saturated rings. The van der Waals surface area contributed by atoms with E-state index in [4.69, 9.17) is 8.53 Å². The van der Waals surface area contributed by atoms with Gasteiger partial charge in [0.25, 0.3) is 5.82 Å². The number of aryl methyl sites for hydroxylation is 1. The summed E-state index contributed by atoms with van der Waals surface area (Å²) < 4.78 is 33.0. The zero-order valence-corrected chi connectivity index (χ0v) is 10.5. The van der Waals surface area contributed by atoms with Crippen LogP contribution in [0.15, 0.2) is 47.0 Å².